The summed E-state index contributed by atoms with van der Waals surface area (Å²) in [5.41, 5.74) is 3.34. The molecule has 7 nitrogen and oxygen atoms in total. The van der Waals surface area contributed by atoms with Gasteiger partial charge in [0.15, 0.2) is 11.5 Å². The second-order valence-electron chi connectivity index (χ2n) is 8.49. The zero-order chi connectivity index (χ0) is 23.5. The van der Waals surface area contributed by atoms with E-state index in [0.29, 0.717) is 29.0 Å². The molecule has 1 aliphatic carbocycles. The molecule has 0 unspecified atom stereocenters. The first-order valence-electron chi connectivity index (χ1n) is 11.6. The van der Waals surface area contributed by atoms with Crippen molar-refractivity contribution in [3.8, 4) is 39.7 Å². The summed E-state index contributed by atoms with van der Waals surface area (Å²) in [4.78, 5) is 9.12. The maximum atomic E-state index is 6.38. The quantitative estimate of drug-likeness (QED) is 0.346. The number of methoxy groups -OCH3 is 3. The molecule has 0 bridgehead atoms. The summed E-state index contributed by atoms with van der Waals surface area (Å²) in [5, 5.41) is 4.56. The number of rotatable bonds is 7. The van der Waals surface area contributed by atoms with Crippen molar-refractivity contribution in [3.63, 3.8) is 0 Å². The molecule has 0 amide bonds. The number of anilines is 1. The van der Waals surface area contributed by atoms with Gasteiger partial charge in [-0.3, -0.25) is 0 Å². The first kappa shape index (κ1) is 22.1. The normalized spacial score (nSPS) is 14.2. The molecule has 0 spiro atoms. The predicted octanol–water partition coefficient (Wildman–Crippen LogP) is 6.33. The smallest absolute Gasteiger partial charge is 0.232 e. The van der Waals surface area contributed by atoms with E-state index in [2.05, 4.69) is 15.3 Å². The standard InChI is InChI=1S/C27H29N3O4/c1-31-20-12-9-17(10-13-20)23-24-26(30-19-7-5-4-6-8-19)28-16-29-27(24)34-25(23)18-11-14-21(32-2)22(15-18)33-3/h9-16,19H,4-8H2,1-3H3,(H,28,29,30). The Kier molecular flexibility index (Phi) is 6.25. The van der Waals surface area contributed by atoms with E-state index in [4.69, 9.17) is 18.6 Å². The summed E-state index contributed by atoms with van der Waals surface area (Å²) in [6.45, 7) is 0. The summed E-state index contributed by atoms with van der Waals surface area (Å²) in [6, 6.07) is 14.1. The van der Waals surface area contributed by atoms with E-state index < -0.39 is 0 Å². The van der Waals surface area contributed by atoms with Gasteiger partial charge in [-0.25, -0.2) is 9.97 Å². The van der Waals surface area contributed by atoms with Gasteiger partial charge >= 0.3 is 0 Å². The number of hydrogen-bond acceptors (Lipinski definition) is 7. The van der Waals surface area contributed by atoms with Crippen LogP contribution in [0.3, 0.4) is 0 Å². The van der Waals surface area contributed by atoms with Crippen LogP contribution in [0.25, 0.3) is 33.6 Å². The molecule has 1 aliphatic rings. The first-order chi connectivity index (χ1) is 16.7. The van der Waals surface area contributed by atoms with Crippen molar-refractivity contribution in [1.29, 1.82) is 0 Å². The van der Waals surface area contributed by atoms with E-state index >= 15 is 0 Å². The van der Waals surface area contributed by atoms with Crippen molar-refractivity contribution in [1.82, 2.24) is 9.97 Å². The molecule has 7 heteroatoms. The van der Waals surface area contributed by atoms with Gasteiger partial charge in [0.2, 0.25) is 5.71 Å². The topological polar surface area (TPSA) is 78.6 Å². The van der Waals surface area contributed by atoms with Crippen molar-refractivity contribution < 1.29 is 18.6 Å². The van der Waals surface area contributed by atoms with Crippen LogP contribution in [-0.2, 0) is 0 Å². The Morgan fingerprint density at radius 1 is 0.824 bits per heavy atom. The number of nitrogens with one attached hydrogen (secondary N) is 1. The molecule has 34 heavy (non-hydrogen) atoms. The fourth-order valence-electron chi connectivity index (χ4n) is 4.70. The lowest BCUT2D eigenvalue weighted by atomic mass is 9.95. The average Bonchev–Trinajstić information content (AvgIpc) is 3.29. The van der Waals surface area contributed by atoms with Crippen LogP contribution in [0.1, 0.15) is 32.1 Å². The van der Waals surface area contributed by atoms with E-state index in [-0.39, 0.29) is 0 Å². The summed E-state index contributed by atoms with van der Waals surface area (Å²) in [6.07, 6.45) is 7.61. The van der Waals surface area contributed by atoms with Gasteiger partial charge in [0, 0.05) is 17.2 Å². The van der Waals surface area contributed by atoms with Crippen LogP contribution in [-0.4, -0.2) is 37.3 Å². The lowest BCUT2D eigenvalue weighted by Gasteiger charge is -2.23. The maximum Gasteiger partial charge on any atom is 0.232 e. The Hall–Kier alpha value is -3.74. The number of hydrogen-bond donors (Lipinski definition) is 1. The van der Waals surface area contributed by atoms with Crippen LogP contribution in [0.2, 0.25) is 0 Å². The number of nitrogens with zero attached hydrogens (tertiary/aromatic N) is 2. The van der Waals surface area contributed by atoms with Crippen LogP contribution in [0.5, 0.6) is 17.2 Å². The summed E-state index contributed by atoms with van der Waals surface area (Å²) < 4.78 is 22.7. The maximum absolute atomic E-state index is 6.38. The number of furan rings is 1. The second-order valence-corrected chi connectivity index (χ2v) is 8.49. The monoisotopic (exact) mass is 459 g/mol. The van der Waals surface area contributed by atoms with E-state index in [1.807, 2.05) is 42.5 Å². The average molecular weight is 460 g/mol. The van der Waals surface area contributed by atoms with Crippen LogP contribution >= 0.6 is 0 Å². The van der Waals surface area contributed by atoms with Gasteiger partial charge in [-0.15, -0.1) is 0 Å². The van der Waals surface area contributed by atoms with Gasteiger partial charge < -0.3 is 23.9 Å². The molecule has 1 N–H and O–H groups in total. The van der Waals surface area contributed by atoms with E-state index in [1.54, 1.807) is 27.7 Å². The van der Waals surface area contributed by atoms with Crippen molar-refractivity contribution in [3.05, 3.63) is 48.8 Å². The Morgan fingerprint density at radius 3 is 2.26 bits per heavy atom. The van der Waals surface area contributed by atoms with Crippen LogP contribution in [0, 0.1) is 0 Å². The van der Waals surface area contributed by atoms with Gasteiger partial charge in [-0.05, 0) is 48.7 Å². The molecule has 0 aliphatic heterocycles. The van der Waals surface area contributed by atoms with Crippen molar-refractivity contribution in [2.24, 2.45) is 0 Å². The molecule has 5 rings (SSSR count). The van der Waals surface area contributed by atoms with E-state index in [1.165, 1.54) is 19.3 Å². The SMILES string of the molecule is COc1ccc(-c2c(-c3ccc(OC)c(OC)c3)oc3ncnc(NC4CCCCC4)c23)cc1. The zero-order valence-electron chi connectivity index (χ0n) is 19.8. The predicted molar refractivity (Wildman–Crippen MR) is 133 cm³/mol. The lowest BCUT2D eigenvalue weighted by molar-refractivity contribution is 0.355. The Bertz CT molecular complexity index is 1280. The Morgan fingerprint density at radius 2 is 1.56 bits per heavy atom. The molecule has 0 atom stereocenters. The second kappa shape index (κ2) is 9.63. The molecule has 2 aromatic carbocycles. The highest BCUT2D eigenvalue weighted by Gasteiger charge is 2.24. The minimum Gasteiger partial charge on any atom is -0.497 e. The summed E-state index contributed by atoms with van der Waals surface area (Å²) in [7, 11) is 4.92. The fraction of sp³-hybridized carbons (Fsp3) is 0.333. The molecule has 2 aromatic heterocycles. The Balaban J connectivity index is 1.71. The third kappa shape index (κ3) is 4.14. The number of ether oxygens (including phenoxy) is 3. The molecule has 1 saturated carbocycles. The highest BCUT2D eigenvalue weighted by Crippen LogP contribution is 2.45. The third-order valence-corrected chi connectivity index (χ3v) is 6.46. The highest BCUT2D eigenvalue weighted by atomic mass is 16.5. The van der Waals surface area contributed by atoms with Gasteiger partial charge in [-0.2, -0.15) is 0 Å². The molecule has 1 fully saturated rings. The third-order valence-electron chi connectivity index (χ3n) is 6.46. The van der Waals surface area contributed by atoms with Gasteiger partial charge in [0.25, 0.3) is 0 Å². The Labute approximate surface area is 199 Å². The van der Waals surface area contributed by atoms with Crippen LogP contribution in [0.15, 0.2) is 53.2 Å². The minimum atomic E-state index is 0.398. The van der Waals surface area contributed by atoms with Gasteiger partial charge in [0.05, 0.1) is 26.7 Å². The number of aromatic nitrogens is 2. The van der Waals surface area contributed by atoms with Gasteiger partial charge in [-0.1, -0.05) is 31.4 Å². The first-order valence-corrected chi connectivity index (χ1v) is 11.6. The number of benzene rings is 2. The van der Waals surface area contributed by atoms with Gasteiger partial charge in [0.1, 0.15) is 23.7 Å². The molecular weight excluding hydrogens is 430 g/mol. The molecular formula is C27H29N3O4. The van der Waals surface area contributed by atoms with Crippen molar-refractivity contribution >= 4 is 16.9 Å². The fourth-order valence-corrected chi connectivity index (χ4v) is 4.70. The molecule has 4 aromatic rings. The molecule has 0 saturated heterocycles. The molecule has 2 heterocycles. The summed E-state index contributed by atoms with van der Waals surface area (Å²) in [5.74, 6) is 3.59. The highest BCUT2D eigenvalue weighted by molar-refractivity contribution is 6.06. The minimum absolute atomic E-state index is 0.398. The molecule has 0 radical (unpaired) electrons. The zero-order valence-corrected chi connectivity index (χ0v) is 19.8. The van der Waals surface area contributed by atoms with Crippen molar-refractivity contribution in [2.75, 3.05) is 26.6 Å². The molecule has 176 valence electrons. The van der Waals surface area contributed by atoms with Crippen LogP contribution in [0.4, 0.5) is 5.82 Å². The lowest BCUT2D eigenvalue weighted by Crippen LogP contribution is -2.23. The van der Waals surface area contributed by atoms with E-state index in [9.17, 15) is 0 Å². The van der Waals surface area contributed by atoms with E-state index in [0.717, 1.165) is 46.5 Å². The van der Waals surface area contributed by atoms with Crippen molar-refractivity contribution in [2.45, 2.75) is 38.1 Å². The summed E-state index contributed by atoms with van der Waals surface area (Å²) >= 11 is 0. The van der Waals surface area contributed by atoms with Crippen LogP contribution < -0.4 is 19.5 Å². The largest absolute Gasteiger partial charge is 0.497 e. The number of fused-ring (bicyclic) bond motifs is 1.